The highest BCUT2D eigenvalue weighted by Crippen LogP contribution is 2.35. The molecule has 4 aromatic rings. The van der Waals surface area contributed by atoms with E-state index in [4.69, 9.17) is 4.52 Å². The number of aliphatic hydroxyl groups excluding tert-OH is 1. The number of anilines is 3. The Bertz CT molecular complexity index is 1460. The third-order valence-electron chi connectivity index (χ3n) is 6.21. The van der Waals surface area contributed by atoms with Gasteiger partial charge < -0.3 is 14.9 Å². The van der Waals surface area contributed by atoms with Crippen LogP contribution in [0.5, 0.6) is 0 Å². The number of benzene rings is 2. The molecule has 10 nitrogen and oxygen atoms in total. The lowest BCUT2D eigenvalue weighted by Crippen LogP contribution is -2.23. The number of aromatic nitrogens is 3. The van der Waals surface area contributed by atoms with E-state index in [2.05, 4.69) is 25.2 Å². The summed E-state index contributed by atoms with van der Waals surface area (Å²) in [4.78, 5) is 10.4. The maximum absolute atomic E-state index is 13.0. The summed E-state index contributed by atoms with van der Waals surface area (Å²) in [7, 11) is -3.75. The monoisotopic (exact) mass is 520 g/mol. The van der Waals surface area contributed by atoms with Gasteiger partial charge in [0.2, 0.25) is 0 Å². The molecule has 0 aliphatic carbocycles. The number of fused-ring (bicyclic) bond motifs is 1. The van der Waals surface area contributed by atoms with Crippen LogP contribution in [0.4, 0.5) is 17.4 Å². The van der Waals surface area contributed by atoms with Crippen LogP contribution in [-0.2, 0) is 22.9 Å². The van der Waals surface area contributed by atoms with Crippen LogP contribution in [0.3, 0.4) is 0 Å². The highest BCUT2D eigenvalue weighted by molar-refractivity contribution is 7.92. The molecule has 0 bridgehead atoms. The van der Waals surface area contributed by atoms with Gasteiger partial charge in [0.05, 0.1) is 11.0 Å². The second-order valence-electron chi connectivity index (χ2n) is 8.88. The standard InChI is InChI=1S/C26H28N6O4S/c1-18-29-26(36-30-18)32-14-11-20-15-23(8-9-24(20)32)37(34,35)31-22-6-4-19(5-7-22)10-13-28-17-25(33)21-3-2-12-27-16-21/h2-9,12,15-16,25,28,31,33H,10-11,13-14,17H2,1H3. The Morgan fingerprint density at radius 2 is 2.00 bits per heavy atom. The molecule has 192 valence electrons. The van der Waals surface area contributed by atoms with E-state index in [0.29, 0.717) is 43.6 Å². The fourth-order valence-electron chi connectivity index (χ4n) is 4.26. The van der Waals surface area contributed by atoms with Crippen LogP contribution < -0.4 is 14.9 Å². The molecular weight excluding hydrogens is 492 g/mol. The maximum atomic E-state index is 13.0. The highest BCUT2D eigenvalue weighted by atomic mass is 32.2. The molecule has 11 heteroatoms. The number of hydrogen-bond acceptors (Lipinski definition) is 9. The van der Waals surface area contributed by atoms with Crippen LogP contribution in [-0.4, -0.2) is 48.3 Å². The summed E-state index contributed by atoms with van der Waals surface area (Å²) in [6, 6.07) is 16.4. The van der Waals surface area contributed by atoms with Crippen molar-refractivity contribution < 1.29 is 18.0 Å². The minimum absolute atomic E-state index is 0.204. The molecule has 0 fully saturated rings. The zero-order chi connectivity index (χ0) is 25.8. The summed E-state index contributed by atoms with van der Waals surface area (Å²) in [5.74, 6) is 0.550. The van der Waals surface area contributed by atoms with Gasteiger partial charge in [0, 0.05) is 42.4 Å². The predicted octanol–water partition coefficient (Wildman–Crippen LogP) is 3.13. The molecule has 1 unspecified atom stereocenters. The van der Waals surface area contributed by atoms with Gasteiger partial charge in [-0.3, -0.25) is 14.6 Å². The molecule has 3 heterocycles. The molecule has 1 atom stereocenters. The first-order valence-corrected chi connectivity index (χ1v) is 13.5. The van der Waals surface area contributed by atoms with E-state index in [1.165, 1.54) is 0 Å². The molecule has 1 aliphatic heterocycles. The number of nitrogens with zero attached hydrogens (tertiary/aromatic N) is 4. The average Bonchev–Trinajstić information content (AvgIpc) is 3.53. The third-order valence-corrected chi connectivity index (χ3v) is 7.59. The van der Waals surface area contributed by atoms with Crippen molar-refractivity contribution in [3.05, 3.63) is 89.5 Å². The van der Waals surface area contributed by atoms with E-state index < -0.39 is 16.1 Å². The number of aryl methyl sites for hydroxylation is 1. The molecule has 0 amide bonds. The zero-order valence-electron chi connectivity index (χ0n) is 20.3. The Hall–Kier alpha value is -3.80. The summed E-state index contributed by atoms with van der Waals surface area (Å²) < 4.78 is 34.0. The lowest BCUT2D eigenvalue weighted by atomic mass is 10.1. The van der Waals surface area contributed by atoms with E-state index in [1.54, 1.807) is 55.7 Å². The van der Waals surface area contributed by atoms with Crippen molar-refractivity contribution in [1.82, 2.24) is 20.4 Å². The molecule has 0 radical (unpaired) electrons. The van der Waals surface area contributed by atoms with Crippen LogP contribution in [0.15, 0.2) is 76.4 Å². The van der Waals surface area contributed by atoms with Gasteiger partial charge in [0.25, 0.3) is 10.0 Å². The van der Waals surface area contributed by atoms with Crippen LogP contribution in [0, 0.1) is 6.92 Å². The number of nitrogens with one attached hydrogen (secondary N) is 2. The Morgan fingerprint density at radius 3 is 2.73 bits per heavy atom. The summed E-state index contributed by atoms with van der Waals surface area (Å²) in [5.41, 5.74) is 4.10. The van der Waals surface area contributed by atoms with Gasteiger partial charge in [-0.25, -0.2) is 8.42 Å². The van der Waals surface area contributed by atoms with Crippen molar-refractivity contribution in [2.24, 2.45) is 0 Å². The average molecular weight is 521 g/mol. The number of rotatable bonds is 10. The van der Waals surface area contributed by atoms with E-state index >= 15 is 0 Å². The van der Waals surface area contributed by atoms with E-state index in [0.717, 1.165) is 28.8 Å². The van der Waals surface area contributed by atoms with Crippen LogP contribution in [0.1, 0.15) is 28.6 Å². The molecule has 2 aromatic carbocycles. The molecule has 0 spiro atoms. The third kappa shape index (κ3) is 5.79. The fourth-order valence-corrected chi connectivity index (χ4v) is 5.36. The number of pyridine rings is 1. The number of hydrogen-bond donors (Lipinski definition) is 3. The summed E-state index contributed by atoms with van der Waals surface area (Å²) in [6.45, 7) is 3.51. The van der Waals surface area contributed by atoms with E-state index in [-0.39, 0.29) is 4.90 Å². The van der Waals surface area contributed by atoms with Gasteiger partial charge in [0.1, 0.15) is 0 Å². The van der Waals surface area contributed by atoms with Crippen molar-refractivity contribution in [1.29, 1.82) is 0 Å². The van der Waals surface area contributed by atoms with E-state index in [9.17, 15) is 13.5 Å². The fraction of sp³-hybridized carbons (Fsp3) is 0.269. The van der Waals surface area contributed by atoms with Crippen molar-refractivity contribution >= 4 is 27.4 Å². The minimum atomic E-state index is -3.75. The normalized spacial score (nSPS) is 13.9. The maximum Gasteiger partial charge on any atom is 0.328 e. The first kappa shape index (κ1) is 24.9. The number of aliphatic hydroxyl groups is 1. The molecule has 0 saturated heterocycles. The number of sulfonamides is 1. The second-order valence-corrected chi connectivity index (χ2v) is 10.6. The summed E-state index contributed by atoms with van der Waals surface area (Å²) in [5, 5.41) is 17.3. The molecular formula is C26H28N6O4S. The lowest BCUT2D eigenvalue weighted by Gasteiger charge is -2.14. The van der Waals surface area contributed by atoms with Gasteiger partial charge >= 0.3 is 6.01 Å². The molecule has 1 aliphatic rings. The highest BCUT2D eigenvalue weighted by Gasteiger charge is 2.26. The second kappa shape index (κ2) is 10.7. The van der Waals surface area contributed by atoms with Crippen LogP contribution >= 0.6 is 0 Å². The van der Waals surface area contributed by atoms with Crippen molar-refractivity contribution in [3.63, 3.8) is 0 Å². The Balaban J connectivity index is 1.16. The molecule has 0 saturated carbocycles. The molecule has 37 heavy (non-hydrogen) atoms. The quantitative estimate of drug-likeness (QED) is 0.270. The van der Waals surface area contributed by atoms with Crippen molar-refractivity contribution in [2.75, 3.05) is 29.3 Å². The molecule has 3 N–H and O–H groups in total. The lowest BCUT2D eigenvalue weighted by molar-refractivity contribution is 0.174. The Kier molecular flexibility index (Phi) is 7.17. The van der Waals surface area contributed by atoms with Crippen molar-refractivity contribution in [2.45, 2.75) is 30.8 Å². The van der Waals surface area contributed by atoms with Crippen molar-refractivity contribution in [3.8, 4) is 0 Å². The first-order chi connectivity index (χ1) is 17.9. The van der Waals surface area contributed by atoms with Gasteiger partial charge in [-0.05, 0) is 73.8 Å². The van der Waals surface area contributed by atoms with Gasteiger partial charge in [0.15, 0.2) is 5.82 Å². The summed E-state index contributed by atoms with van der Waals surface area (Å²) >= 11 is 0. The molecule has 2 aromatic heterocycles. The molecule has 5 rings (SSSR count). The first-order valence-electron chi connectivity index (χ1n) is 12.0. The largest absolute Gasteiger partial charge is 0.387 e. The smallest absolute Gasteiger partial charge is 0.328 e. The van der Waals surface area contributed by atoms with Gasteiger partial charge in [-0.1, -0.05) is 23.4 Å². The van der Waals surface area contributed by atoms with E-state index in [1.807, 2.05) is 23.1 Å². The van der Waals surface area contributed by atoms with Gasteiger partial charge in [-0.15, -0.1) is 0 Å². The minimum Gasteiger partial charge on any atom is -0.387 e. The Morgan fingerprint density at radius 1 is 1.16 bits per heavy atom. The SMILES string of the molecule is Cc1noc(N2CCc3cc(S(=O)(=O)Nc4ccc(CCNCC(O)c5cccnc5)cc4)ccc32)n1. The Labute approximate surface area is 215 Å². The van der Waals surface area contributed by atoms with Crippen LogP contribution in [0.25, 0.3) is 0 Å². The van der Waals surface area contributed by atoms with Gasteiger partial charge in [-0.2, -0.15) is 4.98 Å². The van der Waals surface area contributed by atoms with Crippen LogP contribution in [0.2, 0.25) is 0 Å². The summed E-state index contributed by atoms with van der Waals surface area (Å²) in [6.07, 6.45) is 4.14. The predicted molar refractivity (Wildman–Crippen MR) is 139 cm³/mol. The zero-order valence-corrected chi connectivity index (χ0v) is 21.1. The topological polar surface area (TPSA) is 133 Å².